The quantitative estimate of drug-likeness (QED) is 0.763. The van der Waals surface area contributed by atoms with Crippen molar-refractivity contribution in [1.82, 2.24) is 0 Å². The zero-order valence-electron chi connectivity index (χ0n) is 11.1. The fourth-order valence-corrected chi connectivity index (χ4v) is 3.95. The Kier molecular flexibility index (Phi) is 4.01. The van der Waals surface area contributed by atoms with Crippen LogP contribution in [0.3, 0.4) is 0 Å². The van der Waals surface area contributed by atoms with Crippen molar-refractivity contribution >= 4 is 31.6 Å². The number of hydrogen-bond acceptors (Lipinski definition) is 3. The Morgan fingerprint density at radius 2 is 1.86 bits per heavy atom. The van der Waals surface area contributed by atoms with Crippen molar-refractivity contribution in [1.29, 1.82) is 0 Å². The van der Waals surface area contributed by atoms with E-state index in [1.165, 1.54) is 4.31 Å². The summed E-state index contributed by atoms with van der Waals surface area (Å²) < 4.78 is 33.2. The SMILES string of the molecule is O=S(=O)(c1ccccc1)N(CC1CO1)c1cccc(Br)c1. The first kappa shape index (κ1) is 14.6. The first-order valence-corrected chi connectivity index (χ1v) is 8.75. The Bertz CT molecular complexity index is 730. The van der Waals surface area contributed by atoms with Crippen LogP contribution in [0.5, 0.6) is 0 Å². The maximum Gasteiger partial charge on any atom is 0.264 e. The monoisotopic (exact) mass is 367 g/mol. The number of rotatable bonds is 5. The second-order valence-electron chi connectivity index (χ2n) is 4.78. The molecule has 0 saturated carbocycles. The fraction of sp³-hybridized carbons (Fsp3) is 0.200. The molecule has 0 radical (unpaired) electrons. The molecule has 21 heavy (non-hydrogen) atoms. The third-order valence-electron chi connectivity index (χ3n) is 3.20. The molecule has 1 aliphatic rings. The van der Waals surface area contributed by atoms with E-state index in [0.717, 1.165) is 4.47 Å². The van der Waals surface area contributed by atoms with Crippen molar-refractivity contribution in [2.75, 3.05) is 17.5 Å². The average Bonchev–Trinajstić information content (AvgIpc) is 3.29. The number of anilines is 1. The van der Waals surface area contributed by atoms with Crippen LogP contribution in [-0.2, 0) is 14.8 Å². The lowest BCUT2D eigenvalue weighted by Gasteiger charge is -2.24. The lowest BCUT2D eigenvalue weighted by Crippen LogP contribution is -2.34. The van der Waals surface area contributed by atoms with E-state index >= 15 is 0 Å². The molecule has 0 spiro atoms. The van der Waals surface area contributed by atoms with Gasteiger partial charge < -0.3 is 4.74 Å². The van der Waals surface area contributed by atoms with E-state index in [1.54, 1.807) is 42.5 Å². The summed E-state index contributed by atoms with van der Waals surface area (Å²) in [4.78, 5) is 0.283. The largest absolute Gasteiger partial charge is 0.371 e. The van der Waals surface area contributed by atoms with Crippen molar-refractivity contribution in [3.63, 3.8) is 0 Å². The van der Waals surface area contributed by atoms with Crippen molar-refractivity contribution in [3.8, 4) is 0 Å². The summed E-state index contributed by atoms with van der Waals surface area (Å²) in [6.45, 7) is 0.933. The van der Waals surface area contributed by atoms with Gasteiger partial charge in [-0.25, -0.2) is 8.42 Å². The summed E-state index contributed by atoms with van der Waals surface area (Å²) in [6.07, 6.45) is -0.0255. The number of nitrogens with zero attached hydrogens (tertiary/aromatic N) is 1. The van der Waals surface area contributed by atoms with Gasteiger partial charge in [-0.05, 0) is 30.3 Å². The first-order valence-electron chi connectivity index (χ1n) is 6.52. The number of ether oxygens (including phenoxy) is 1. The van der Waals surface area contributed by atoms with Gasteiger partial charge in [-0.1, -0.05) is 40.2 Å². The summed E-state index contributed by atoms with van der Waals surface area (Å²) in [5.74, 6) is 0. The highest BCUT2D eigenvalue weighted by Crippen LogP contribution is 2.28. The molecule has 1 saturated heterocycles. The van der Waals surface area contributed by atoms with E-state index in [4.69, 9.17) is 4.74 Å². The third-order valence-corrected chi connectivity index (χ3v) is 5.50. The van der Waals surface area contributed by atoms with Crippen LogP contribution in [0.1, 0.15) is 0 Å². The second-order valence-corrected chi connectivity index (χ2v) is 7.56. The Hall–Kier alpha value is -1.37. The molecule has 0 amide bonds. The van der Waals surface area contributed by atoms with Crippen molar-refractivity contribution < 1.29 is 13.2 Å². The Morgan fingerprint density at radius 3 is 2.48 bits per heavy atom. The molecule has 1 aliphatic heterocycles. The minimum absolute atomic E-state index is 0.0255. The molecular weight excluding hydrogens is 354 g/mol. The molecule has 1 heterocycles. The summed E-state index contributed by atoms with van der Waals surface area (Å²) in [7, 11) is -3.59. The number of benzene rings is 2. The average molecular weight is 368 g/mol. The molecule has 1 fully saturated rings. The van der Waals surface area contributed by atoms with E-state index < -0.39 is 10.0 Å². The molecule has 2 aromatic carbocycles. The van der Waals surface area contributed by atoms with E-state index in [1.807, 2.05) is 12.1 Å². The maximum atomic E-state index is 12.9. The van der Waals surface area contributed by atoms with Crippen LogP contribution in [0, 0.1) is 0 Å². The van der Waals surface area contributed by atoms with Crippen LogP contribution in [0.2, 0.25) is 0 Å². The molecule has 1 unspecified atom stereocenters. The van der Waals surface area contributed by atoms with Gasteiger partial charge in [0.25, 0.3) is 10.0 Å². The third kappa shape index (κ3) is 3.28. The highest BCUT2D eigenvalue weighted by molar-refractivity contribution is 9.10. The summed E-state index contributed by atoms with van der Waals surface area (Å²) in [5, 5.41) is 0. The van der Waals surface area contributed by atoms with E-state index in [-0.39, 0.29) is 11.0 Å². The smallest absolute Gasteiger partial charge is 0.264 e. The van der Waals surface area contributed by atoms with Gasteiger partial charge in [-0.2, -0.15) is 0 Å². The zero-order valence-corrected chi connectivity index (χ0v) is 13.5. The Balaban J connectivity index is 2.03. The molecule has 110 valence electrons. The van der Waals surface area contributed by atoms with Crippen molar-refractivity contribution in [2.24, 2.45) is 0 Å². The first-order chi connectivity index (χ1) is 10.1. The standard InChI is InChI=1S/C15H14BrNO3S/c16-12-5-4-6-13(9-12)17(10-14-11-20-14)21(18,19)15-7-2-1-3-8-15/h1-9,14H,10-11H2. The second kappa shape index (κ2) is 5.79. The van der Waals surface area contributed by atoms with Crippen LogP contribution in [0.25, 0.3) is 0 Å². The molecule has 0 aliphatic carbocycles. The molecular formula is C15H14BrNO3S. The number of epoxide rings is 1. The fourth-order valence-electron chi connectivity index (χ4n) is 2.05. The molecule has 1 atom stereocenters. The molecule has 0 aromatic heterocycles. The number of sulfonamides is 1. The predicted octanol–water partition coefficient (Wildman–Crippen LogP) is 3.04. The highest BCUT2D eigenvalue weighted by Gasteiger charge is 2.32. The molecule has 0 N–H and O–H groups in total. The maximum absolute atomic E-state index is 12.9. The molecule has 4 nitrogen and oxygen atoms in total. The van der Waals surface area contributed by atoms with E-state index in [9.17, 15) is 8.42 Å². The molecule has 0 bridgehead atoms. The van der Waals surface area contributed by atoms with Crippen LogP contribution < -0.4 is 4.31 Å². The minimum atomic E-state index is -3.59. The van der Waals surface area contributed by atoms with Gasteiger partial charge in [0.2, 0.25) is 0 Å². The van der Waals surface area contributed by atoms with Gasteiger partial charge in [0.1, 0.15) is 0 Å². The topological polar surface area (TPSA) is 49.9 Å². The highest BCUT2D eigenvalue weighted by atomic mass is 79.9. The number of hydrogen-bond donors (Lipinski definition) is 0. The van der Waals surface area contributed by atoms with Crippen LogP contribution in [0.4, 0.5) is 5.69 Å². The van der Waals surface area contributed by atoms with Gasteiger partial charge in [0, 0.05) is 4.47 Å². The van der Waals surface area contributed by atoms with Gasteiger partial charge >= 0.3 is 0 Å². The Morgan fingerprint density at radius 1 is 1.14 bits per heavy atom. The summed E-state index contributed by atoms with van der Waals surface area (Å²) >= 11 is 3.38. The molecule has 6 heteroatoms. The predicted molar refractivity (Wildman–Crippen MR) is 84.9 cm³/mol. The normalized spacial score (nSPS) is 17.5. The van der Waals surface area contributed by atoms with Crippen LogP contribution >= 0.6 is 15.9 Å². The van der Waals surface area contributed by atoms with Gasteiger partial charge in [-0.3, -0.25) is 4.31 Å². The summed E-state index contributed by atoms with van der Waals surface area (Å²) in [6, 6.07) is 15.7. The van der Waals surface area contributed by atoms with E-state index in [0.29, 0.717) is 18.8 Å². The minimum Gasteiger partial charge on any atom is -0.371 e. The van der Waals surface area contributed by atoms with Crippen molar-refractivity contribution in [2.45, 2.75) is 11.0 Å². The van der Waals surface area contributed by atoms with Gasteiger partial charge in [0.05, 0.1) is 29.8 Å². The van der Waals surface area contributed by atoms with Gasteiger partial charge in [-0.15, -0.1) is 0 Å². The van der Waals surface area contributed by atoms with Gasteiger partial charge in [0.15, 0.2) is 0 Å². The zero-order chi connectivity index (χ0) is 14.9. The summed E-state index contributed by atoms with van der Waals surface area (Å²) in [5.41, 5.74) is 0.628. The Labute approximate surface area is 132 Å². The molecule has 3 rings (SSSR count). The van der Waals surface area contributed by atoms with Crippen molar-refractivity contribution in [3.05, 3.63) is 59.1 Å². The number of halogens is 1. The van der Waals surface area contributed by atoms with Crippen LogP contribution in [0.15, 0.2) is 64.0 Å². The molecule has 2 aromatic rings. The van der Waals surface area contributed by atoms with Crippen LogP contribution in [-0.4, -0.2) is 27.7 Å². The lowest BCUT2D eigenvalue weighted by molar-refractivity contribution is 0.412. The lowest BCUT2D eigenvalue weighted by atomic mass is 10.3. The van der Waals surface area contributed by atoms with E-state index in [2.05, 4.69) is 15.9 Å².